The Bertz CT molecular complexity index is 654. The molecule has 0 bridgehead atoms. The number of halogens is 3. The highest BCUT2D eigenvalue weighted by atomic mass is 19.4. The molecule has 1 aromatic carbocycles. The molecule has 0 aromatic heterocycles. The van der Waals surface area contributed by atoms with Crippen LogP contribution in [0.5, 0.6) is 0 Å². The van der Waals surface area contributed by atoms with Gasteiger partial charge < -0.3 is 4.90 Å². The summed E-state index contributed by atoms with van der Waals surface area (Å²) in [6, 6.07) is 5.79. The molecule has 1 aliphatic carbocycles. The van der Waals surface area contributed by atoms with Gasteiger partial charge in [-0.3, -0.25) is 9.69 Å². The van der Waals surface area contributed by atoms with E-state index in [9.17, 15) is 18.0 Å². The molecule has 3 aliphatic rings. The molecule has 1 spiro atoms. The molecule has 2 heterocycles. The third-order valence-corrected chi connectivity index (χ3v) is 5.91. The standard InChI is InChI=1S/C19H23F3N2O/c20-19(21,22)15-5-3-14(4-6-15)13-23-11-1-9-18(23)10-2-12-24(17(18)25)16-7-8-16/h3-6,16H,1-2,7-13H2. The quantitative estimate of drug-likeness (QED) is 0.826. The fourth-order valence-electron chi connectivity index (χ4n) is 4.46. The van der Waals surface area contributed by atoms with Crippen LogP contribution in [0.2, 0.25) is 0 Å². The minimum absolute atomic E-state index is 0.255. The molecular weight excluding hydrogens is 329 g/mol. The van der Waals surface area contributed by atoms with Crippen molar-refractivity contribution in [3.05, 3.63) is 35.4 Å². The van der Waals surface area contributed by atoms with E-state index in [-0.39, 0.29) is 5.91 Å². The van der Waals surface area contributed by atoms with E-state index in [1.807, 2.05) is 0 Å². The molecule has 6 heteroatoms. The van der Waals surface area contributed by atoms with Gasteiger partial charge in [0.25, 0.3) is 0 Å². The van der Waals surface area contributed by atoms with E-state index in [0.29, 0.717) is 12.6 Å². The van der Waals surface area contributed by atoms with Crippen LogP contribution in [0.15, 0.2) is 24.3 Å². The minimum Gasteiger partial charge on any atom is -0.338 e. The molecular formula is C19H23F3N2O. The molecule has 136 valence electrons. The lowest BCUT2D eigenvalue weighted by molar-refractivity contribution is -0.148. The molecule has 0 radical (unpaired) electrons. The summed E-state index contributed by atoms with van der Waals surface area (Å²) in [5, 5.41) is 0. The van der Waals surface area contributed by atoms with Crippen molar-refractivity contribution in [1.29, 1.82) is 0 Å². The van der Waals surface area contributed by atoms with Crippen LogP contribution in [0.25, 0.3) is 0 Å². The highest BCUT2D eigenvalue weighted by molar-refractivity contribution is 5.88. The second-order valence-electron chi connectivity index (χ2n) is 7.58. The maximum atomic E-state index is 13.2. The highest BCUT2D eigenvalue weighted by Gasteiger charge is 2.52. The average Bonchev–Trinajstić information content (AvgIpc) is 3.34. The first-order chi connectivity index (χ1) is 11.9. The van der Waals surface area contributed by atoms with Gasteiger partial charge in [0.15, 0.2) is 0 Å². The number of piperidine rings is 1. The number of carbonyl (C=O) groups is 1. The van der Waals surface area contributed by atoms with E-state index >= 15 is 0 Å². The minimum atomic E-state index is -4.31. The van der Waals surface area contributed by atoms with Gasteiger partial charge in [-0.25, -0.2) is 0 Å². The summed E-state index contributed by atoms with van der Waals surface area (Å²) in [7, 11) is 0. The van der Waals surface area contributed by atoms with Crippen molar-refractivity contribution in [3.63, 3.8) is 0 Å². The molecule has 3 fully saturated rings. The normalized spacial score (nSPS) is 28.1. The lowest BCUT2D eigenvalue weighted by Gasteiger charge is -2.45. The van der Waals surface area contributed by atoms with Crippen molar-refractivity contribution >= 4 is 5.91 Å². The number of carbonyl (C=O) groups excluding carboxylic acids is 1. The van der Waals surface area contributed by atoms with Gasteiger partial charge in [0.2, 0.25) is 5.91 Å². The molecule has 1 saturated carbocycles. The first-order valence-electron chi connectivity index (χ1n) is 9.12. The molecule has 2 saturated heterocycles. The van der Waals surface area contributed by atoms with E-state index in [1.165, 1.54) is 0 Å². The van der Waals surface area contributed by atoms with Gasteiger partial charge >= 0.3 is 6.18 Å². The summed E-state index contributed by atoms with van der Waals surface area (Å²) in [6.07, 6.45) is 1.65. The van der Waals surface area contributed by atoms with Crippen LogP contribution in [-0.2, 0) is 17.5 Å². The molecule has 0 N–H and O–H groups in total. The Morgan fingerprint density at radius 2 is 1.68 bits per heavy atom. The fraction of sp³-hybridized carbons (Fsp3) is 0.632. The van der Waals surface area contributed by atoms with Gasteiger partial charge in [-0.15, -0.1) is 0 Å². The number of likely N-dealkylation sites (tertiary alicyclic amines) is 2. The van der Waals surface area contributed by atoms with Gasteiger partial charge in [0.05, 0.1) is 5.56 Å². The fourth-order valence-corrected chi connectivity index (χ4v) is 4.46. The zero-order valence-electron chi connectivity index (χ0n) is 14.2. The maximum Gasteiger partial charge on any atom is 0.416 e. The molecule has 25 heavy (non-hydrogen) atoms. The van der Waals surface area contributed by atoms with Gasteiger partial charge in [0, 0.05) is 19.1 Å². The van der Waals surface area contributed by atoms with Gasteiger partial charge in [-0.05, 0) is 62.8 Å². The Morgan fingerprint density at radius 1 is 1.04 bits per heavy atom. The molecule has 2 aliphatic heterocycles. The topological polar surface area (TPSA) is 23.6 Å². The van der Waals surface area contributed by atoms with E-state index in [2.05, 4.69) is 9.80 Å². The third-order valence-electron chi connectivity index (χ3n) is 5.91. The van der Waals surface area contributed by atoms with E-state index in [4.69, 9.17) is 0 Å². The monoisotopic (exact) mass is 352 g/mol. The number of alkyl halides is 3. The summed E-state index contributed by atoms with van der Waals surface area (Å²) in [5.74, 6) is 0.255. The van der Waals surface area contributed by atoms with Crippen LogP contribution in [0, 0.1) is 0 Å². The van der Waals surface area contributed by atoms with Crippen molar-refractivity contribution < 1.29 is 18.0 Å². The molecule has 4 rings (SSSR count). The molecule has 1 atom stereocenters. The second-order valence-corrected chi connectivity index (χ2v) is 7.58. The van der Waals surface area contributed by atoms with Crippen molar-refractivity contribution in [3.8, 4) is 0 Å². The SMILES string of the molecule is O=C1N(C2CC2)CCCC12CCCN2Cc1ccc(C(F)(F)F)cc1. The number of hydrogen-bond acceptors (Lipinski definition) is 2. The number of rotatable bonds is 3. The summed E-state index contributed by atoms with van der Waals surface area (Å²) in [4.78, 5) is 17.4. The summed E-state index contributed by atoms with van der Waals surface area (Å²) in [6.45, 7) is 2.24. The smallest absolute Gasteiger partial charge is 0.338 e. The summed E-state index contributed by atoms with van der Waals surface area (Å²) in [5.41, 5.74) is -0.213. The Balaban J connectivity index is 1.52. The number of amides is 1. The van der Waals surface area contributed by atoms with Gasteiger partial charge in [-0.2, -0.15) is 13.2 Å². The molecule has 1 unspecified atom stereocenters. The molecule has 1 amide bonds. The van der Waals surface area contributed by atoms with Crippen LogP contribution >= 0.6 is 0 Å². The Morgan fingerprint density at radius 3 is 2.28 bits per heavy atom. The Kier molecular flexibility index (Phi) is 4.06. The predicted octanol–water partition coefficient (Wildman–Crippen LogP) is 3.82. The highest BCUT2D eigenvalue weighted by Crippen LogP contribution is 2.42. The van der Waals surface area contributed by atoms with Crippen LogP contribution in [0.3, 0.4) is 0 Å². The lowest BCUT2D eigenvalue weighted by atomic mass is 9.85. The zero-order valence-corrected chi connectivity index (χ0v) is 14.2. The van der Waals surface area contributed by atoms with Crippen molar-refractivity contribution in [2.24, 2.45) is 0 Å². The lowest BCUT2D eigenvalue weighted by Crippen LogP contribution is -2.60. The first-order valence-corrected chi connectivity index (χ1v) is 9.12. The number of benzene rings is 1. The van der Waals surface area contributed by atoms with Gasteiger partial charge in [-0.1, -0.05) is 12.1 Å². The van der Waals surface area contributed by atoms with Gasteiger partial charge in [0.1, 0.15) is 5.54 Å². The van der Waals surface area contributed by atoms with E-state index in [0.717, 1.165) is 69.3 Å². The first kappa shape index (κ1) is 16.9. The van der Waals surface area contributed by atoms with E-state index < -0.39 is 17.3 Å². The summed E-state index contributed by atoms with van der Waals surface area (Å²) >= 11 is 0. The van der Waals surface area contributed by atoms with Crippen LogP contribution < -0.4 is 0 Å². The number of hydrogen-bond donors (Lipinski definition) is 0. The number of nitrogens with zero attached hydrogens (tertiary/aromatic N) is 2. The van der Waals surface area contributed by atoms with Crippen molar-refractivity contribution in [1.82, 2.24) is 9.80 Å². The second kappa shape index (κ2) is 6.01. The van der Waals surface area contributed by atoms with Crippen LogP contribution in [0.4, 0.5) is 13.2 Å². The van der Waals surface area contributed by atoms with E-state index in [1.54, 1.807) is 12.1 Å². The maximum absolute atomic E-state index is 13.2. The van der Waals surface area contributed by atoms with Crippen LogP contribution in [0.1, 0.15) is 49.7 Å². The van der Waals surface area contributed by atoms with Crippen molar-refractivity contribution in [2.45, 2.75) is 62.8 Å². The van der Waals surface area contributed by atoms with Crippen molar-refractivity contribution in [2.75, 3.05) is 13.1 Å². The Hall–Kier alpha value is -1.56. The Labute approximate surface area is 145 Å². The zero-order chi connectivity index (χ0) is 17.7. The molecule has 1 aromatic rings. The molecule has 3 nitrogen and oxygen atoms in total. The third kappa shape index (κ3) is 3.05. The largest absolute Gasteiger partial charge is 0.416 e. The summed E-state index contributed by atoms with van der Waals surface area (Å²) < 4.78 is 38.2. The van der Waals surface area contributed by atoms with Crippen LogP contribution in [-0.4, -0.2) is 40.4 Å². The predicted molar refractivity (Wildman–Crippen MR) is 87.8 cm³/mol. The average molecular weight is 352 g/mol.